The maximum Gasteiger partial charge on any atom is 0.0842 e. The molecule has 2 N–H and O–H groups in total. The van der Waals surface area contributed by atoms with Gasteiger partial charge in [-0.15, -0.1) is 0 Å². The van der Waals surface area contributed by atoms with E-state index in [0.717, 1.165) is 30.5 Å². The number of fused-ring (bicyclic) bond motifs is 1. The topological polar surface area (TPSA) is 35.2 Å². The first-order valence-corrected chi connectivity index (χ1v) is 8.94. The zero-order chi connectivity index (χ0) is 13.8. The van der Waals surface area contributed by atoms with Gasteiger partial charge >= 0.3 is 0 Å². The Kier molecular flexibility index (Phi) is 5.03. The molecule has 2 unspecified atom stereocenters. The fourth-order valence-corrected chi connectivity index (χ4v) is 4.65. The van der Waals surface area contributed by atoms with Gasteiger partial charge in [-0.05, 0) is 36.8 Å². The van der Waals surface area contributed by atoms with Gasteiger partial charge in [0.1, 0.15) is 0 Å². The SMILES string of the molecule is NC(CSC1CCCC1)CC1OCCc2ccccc21. The van der Waals surface area contributed by atoms with Crippen LogP contribution in [0.3, 0.4) is 0 Å². The van der Waals surface area contributed by atoms with Crippen LogP contribution in [0.1, 0.15) is 49.3 Å². The maximum atomic E-state index is 6.34. The van der Waals surface area contributed by atoms with Crippen molar-refractivity contribution in [1.82, 2.24) is 0 Å². The number of hydrogen-bond donors (Lipinski definition) is 1. The normalized spacial score (nSPS) is 24.6. The Balaban J connectivity index is 1.52. The minimum Gasteiger partial charge on any atom is -0.373 e. The van der Waals surface area contributed by atoms with Crippen LogP contribution in [0.15, 0.2) is 24.3 Å². The Labute approximate surface area is 126 Å². The van der Waals surface area contributed by atoms with Gasteiger partial charge < -0.3 is 10.5 Å². The highest BCUT2D eigenvalue weighted by Crippen LogP contribution is 2.33. The Morgan fingerprint density at radius 1 is 1.25 bits per heavy atom. The number of thioether (sulfide) groups is 1. The van der Waals surface area contributed by atoms with Crippen molar-refractivity contribution in [3.05, 3.63) is 35.4 Å². The minimum absolute atomic E-state index is 0.208. The van der Waals surface area contributed by atoms with Crippen molar-refractivity contribution < 1.29 is 4.74 Å². The second-order valence-electron chi connectivity index (χ2n) is 6.04. The van der Waals surface area contributed by atoms with Crippen LogP contribution in [0.2, 0.25) is 0 Å². The zero-order valence-electron chi connectivity index (χ0n) is 12.1. The summed E-state index contributed by atoms with van der Waals surface area (Å²) in [4.78, 5) is 0. The monoisotopic (exact) mass is 291 g/mol. The quantitative estimate of drug-likeness (QED) is 0.898. The van der Waals surface area contributed by atoms with Crippen molar-refractivity contribution >= 4 is 11.8 Å². The van der Waals surface area contributed by atoms with E-state index in [2.05, 4.69) is 36.0 Å². The Hall–Kier alpha value is -0.510. The van der Waals surface area contributed by atoms with E-state index in [1.807, 2.05) is 0 Å². The molecule has 110 valence electrons. The molecule has 0 bridgehead atoms. The largest absolute Gasteiger partial charge is 0.373 e. The molecule has 1 aromatic carbocycles. The van der Waals surface area contributed by atoms with Crippen molar-refractivity contribution in [2.45, 2.75) is 55.9 Å². The van der Waals surface area contributed by atoms with E-state index in [-0.39, 0.29) is 12.1 Å². The molecule has 0 radical (unpaired) electrons. The van der Waals surface area contributed by atoms with Crippen molar-refractivity contribution in [3.63, 3.8) is 0 Å². The minimum atomic E-state index is 0.208. The highest BCUT2D eigenvalue weighted by molar-refractivity contribution is 7.99. The molecule has 1 aromatic rings. The molecule has 2 nitrogen and oxygen atoms in total. The maximum absolute atomic E-state index is 6.34. The van der Waals surface area contributed by atoms with E-state index in [4.69, 9.17) is 10.5 Å². The third-order valence-corrected chi connectivity index (χ3v) is 6.02. The zero-order valence-corrected chi connectivity index (χ0v) is 12.9. The third kappa shape index (κ3) is 3.57. The van der Waals surface area contributed by atoms with Gasteiger partial charge in [-0.2, -0.15) is 11.8 Å². The molecule has 1 saturated carbocycles. The lowest BCUT2D eigenvalue weighted by Gasteiger charge is -2.28. The van der Waals surface area contributed by atoms with E-state index in [9.17, 15) is 0 Å². The number of rotatable bonds is 5. The molecule has 0 saturated heterocycles. The lowest BCUT2D eigenvalue weighted by Crippen LogP contribution is -2.29. The van der Waals surface area contributed by atoms with Gasteiger partial charge in [0, 0.05) is 17.0 Å². The molecule has 0 aromatic heterocycles. The molecule has 1 aliphatic carbocycles. The van der Waals surface area contributed by atoms with Gasteiger partial charge in [0.2, 0.25) is 0 Å². The smallest absolute Gasteiger partial charge is 0.0842 e. The highest BCUT2D eigenvalue weighted by Gasteiger charge is 2.23. The van der Waals surface area contributed by atoms with Gasteiger partial charge in [0.25, 0.3) is 0 Å². The average molecular weight is 291 g/mol. The number of hydrogen-bond acceptors (Lipinski definition) is 3. The van der Waals surface area contributed by atoms with Gasteiger partial charge in [0.15, 0.2) is 0 Å². The number of nitrogens with two attached hydrogens (primary N) is 1. The molecular weight excluding hydrogens is 266 g/mol. The van der Waals surface area contributed by atoms with E-state index in [0.29, 0.717) is 0 Å². The van der Waals surface area contributed by atoms with Crippen molar-refractivity contribution in [3.8, 4) is 0 Å². The second kappa shape index (κ2) is 6.97. The standard InChI is InChI=1S/C17H25NOS/c18-14(12-20-15-6-2-3-7-15)11-17-16-8-4-1-5-13(16)9-10-19-17/h1,4-5,8,14-15,17H,2-3,6-7,9-12,18H2. The summed E-state index contributed by atoms with van der Waals surface area (Å²) in [6, 6.07) is 8.91. The van der Waals surface area contributed by atoms with E-state index in [1.54, 1.807) is 0 Å². The van der Waals surface area contributed by atoms with Crippen molar-refractivity contribution in [2.75, 3.05) is 12.4 Å². The van der Waals surface area contributed by atoms with Crippen LogP contribution < -0.4 is 5.73 Å². The number of benzene rings is 1. The molecule has 1 heterocycles. The van der Waals surface area contributed by atoms with Gasteiger partial charge in [-0.25, -0.2) is 0 Å². The third-order valence-electron chi connectivity index (χ3n) is 4.46. The molecular formula is C17H25NOS. The molecule has 0 spiro atoms. The second-order valence-corrected chi connectivity index (χ2v) is 7.38. The van der Waals surface area contributed by atoms with Crippen LogP contribution in [-0.4, -0.2) is 23.7 Å². The van der Waals surface area contributed by atoms with Crippen LogP contribution in [-0.2, 0) is 11.2 Å². The summed E-state index contributed by atoms with van der Waals surface area (Å²) in [7, 11) is 0. The first-order chi connectivity index (χ1) is 9.83. The van der Waals surface area contributed by atoms with Gasteiger partial charge in [0.05, 0.1) is 12.7 Å². The van der Waals surface area contributed by atoms with Crippen LogP contribution in [0.25, 0.3) is 0 Å². The lowest BCUT2D eigenvalue weighted by molar-refractivity contribution is 0.0334. The predicted octanol–water partition coefficient (Wildman–Crippen LogP) is 3.69. The molecule has 2 atom stereocenters. The average Bonchev–Trinajstić information content (AvgIpc) is 2.99. The molecule has 3 heteroatoms. The summed E-state index contributed by atoms with van der Waals surface area (Å²) in [5.41, 5.74) is 9.14. The summed E-state index contributed by atoms with van der Waals surface area (Å²) < 4.78 is 5.96. The first kappa shape index (κ1) is 14.4. The number of ether oxygens (including phenoxy) is 1. The van der Waals surface area contributed by atoms with Gasteiger partial charge in [-0.1, -0.05) is 37.1 Å². The van der Waals surface area contributed by atoms with Crippen LogP contribution in [0.5, 0.6) is 0 Å². The Bertz CT molecular complexity index is 431. The van der Waals surface area contributed by atoms with Crippen molar-refractivity contribution in [2.24, 2.45) is 5.73 Å². The highest BCUT2D eigenvalue weighted by atomic mass is 32.2. The predicted molar refractivity (Wildman–Crippen MR) is 86.1 cm³/mol. The molecule has 20 heavy (non-hydrogen) atoms. The fourth-order valence-electron chi connectivity index (χ4n) is 3.33. The van der Waals surface area contributed by atoms with Crippen LogP contribution in [0, 0.1) is 0 Å². The summed E-state index contributed by atoms with van der Waals surface area (Å²) in [5.74, 6) is 1.08. The lowest BCUT2D eigenvalue weighted by atomic mass is 9.94. The Morgan fingerprint density at radius 3 is 2.90 bits per heavy atom. The van der Waals surface area contributed by atoms with Crippen molar-refractivity contribution in [1.29, 1.82) is 0 Å². The van der Waals surface area contributed by atoms with Gasteiger partial charge in [-0.3, -0.25) is 0 Å². The molecule has 1 aliphatic heterocycles. The van der Waals surface area contributed by atoms with E-state index in [1.165, 1.54) is 36.8 Å². The Morgan fingerprint density at radius 2 is 2.05 bits per heavy atom. The summed E-state index contributed by atoms with van der Waals surface area (Å²) >= 11 is 2.08. The van der Waals surface area contributed by atoms with Crippen LogP contribution >= 0.6 is 11.8 Å². The molecule has 0 amide bonds. The first-order valence-electron chi connectivity index (χ1n) is 7.89. The van der Waals surface area contributed by atoms with Crippen LogP contribution in [0.4, 0.5) is 0 Å². The summed E-state index contributed by atoms with van der Waals surface area (Å²) in [5, 5.41) is 0.862. The summed E-state index contributed by atoms with van der Waals surface area (Å²) in [6.07, 6.45) is 7.80. The molecule has 3 rings (SSSR count). The molecule has 2 aliphatic rings. The fraction of sp³-hybridized carbons (Fsp3) is 0.647. The van der Waals surface area contributed by atoms with E-state index < -0.39 is 0 Å². The molecule has 1 fully saturated rings. The summed E-state index contributed by atoms with van der Waals surface area (Å²) in [6.45, 7) is 0.837. The van der Waals surface area contributed by atoms with E-state index >= 15 is 0 Å².